The van der Waals surface area contributed by atoms with Crippen molar-refractivity contribution in [2.75, 3.05) is 6.61 Å². The number of hydrogen-bond donors (Lipinski definition) is 2. The number of nitrogens with one attached hydrogen (secondary N) is 1. The van der Waals surface area contributed by atoms with E-state index in [1.165, 1.54) is 6.08 Å². The molecule has 0 aromatic heterocycles. The maximum absolute atomic E-state index is 11.5. The second-order valence-corrected chi connectivity index (χ2v) is 4.71. The largest absolute Gasteiger partial charge is 0.460 e. The van der Waals surface area contributed by atoms with E-state index >= 15 is 0 Å². The van der Waals surface area contributed by atoms with Gasteiger partial charge in [-0.05, 0) is 12.3 Å². The lowest BCUT2D eigenvalue weighted by atomic mass is 10.0. The first-order valence-corrected chi connectivity index (χ1v) is 5.60. The number of hydrogen-bond acceptors (Lipinski definition) is 3. The van der Waals surface area contributed by atoms with Crippen molar-refractivity contribution >= 4 is 35.1 Å². The number of carbonyl (C=O) groups excluding carboxylic acids is 1. The molecule has 0 aromatic rings. The molecule has 0 heterocycles. The average molecular weight is 247 g/mol. The minimum Gasteiger partial charge on any atom is -0.460 e. The summed E-state index contributed by atoms with van der Waals surface area (Å²) in [6.45, 7) is 7.74. The fourth-order valence-corrected chi connectivity index (χ4v) is 1.37. The van der Waals surface area contributed by atoms with E-state index in [1.54, 1.807) is 0 Å². The van der Waals surface area contributed by atoms with Gasteiger partial charge in [0.2, 0.25) is 0 Å². The summed E-state index contributed by atoms with van der Waals surface area (Å²) < 4.78 is 5.24. The Morgan fingerprint density at radius 1 is 1.67 bits per heavy atom. The van der Waals surface area contributed by atoms with Gasteiger partial charge in [0, 0.05) is 0 Å². The van der Waals surface area contributed by atoms with Gasteiger partial charge in [0.15, 0.2) is 0 Å². The highest BCUT2D eigenvalue weighted by Gasteiger charge is 2.20. The van der Waals surface area contributed by atoms with Crippen LogP contribution in [0.4, 0.5) is 0 Å². The molecule has 0 radical (unpaired) electrons. The highest BCUT2D eigenvalue weighted by Crippen LogP contribution is 2.07. The first-order chi connectivity index (χ1) is 6.97. The Morgan fingerprint density at radius 3 is 2.67 bits per heavy atom. The Bertz CT molecular complexity index is 242. The summed E-state index contributed by atoms with van der Waals surface area (Å²) in [5.74, 6) is 0.0569. The molecular weight excluding hydrogens is 230 g/mol. The molecular formula is C10H17NO2S2. The van der Waals surface area contributed by atoms with Gasteiger partial charge in [-0.25, -0.2) is 4.79 Å². The van der Waals surface area contributed by atoms with Crippen LogP contribution in [0.2, 0.25) is 0 Å². The van der Waals surface area contributed by atoms with E-state index in [0.29, 0.717) is 16.7 Å². The third-order valence-electron chi connectivity index (χ3n) is 1.63. The van der Waals surface area contributed by atoms with Gasteiger partial charge in [0.05, 0.1) is 0 Å². The monoisotopic (exact) mass is 247 g/mol. The molecule has 15 heavy (non-hydrogen) atoms. The average Bonchev–Trinajstić information content (AvgIpc) is 2.11. The van der Waals surface area contributed by atoms with Crippen LogP contribution >= 0.6 is 24.8 Å². The molecule has 0 saturated carbocycles. The summed E-state index contributed by atoms with van der Waals surface area (Å²) in [6.07, 6.45) is 2.19. The number of carbonyl (C=O) groups is 1. The minimum absolute atomic E-state index is 0.217. The molecule has 0 saturated heterocycles. The van der Waals surface area contributed by atoms with Crippen molar-refractivity contribution in [3.8, 4) is 0 Å². The second kappa shape index (κ2) is 7.70. The summed E-state index contributed by atoms with van der Waals surface area (Å²) in [5, 5.41) is 2.81. The topological polar surface area (TPSA) is 38.3 Å². The van der Waals surface area contributed by atoms with Crippen molar-refractivity contribution in [3.05, 3.63) is 12.7 Å². The van der Waals surface area contributed by atoms with Crippen LogP contribution in [0.25, 0.3) is 0 Å². The predicted octanol–water partition coefficient (Wildman–Crippen LogP) is 1.93. The highest BCUT2D eigenvalue weighted by molar-refractivity contribution is 8.11. The van der Waals surface area contributed by atoms with Crippen LogP contribution in [0.1, 0.15) is 20.3 Å². The van der Waals surface area contributed by atoms with Gasteiger partial charge in [-0.3, -0.25) is 0 Å². The van der Waals surface area contributed by atoms with Gasteiger partial charge in [0.1, 0.15) is 17.0 Å². The summed E-state index contributed by atoms with van der Waals surface area (Å²) in [6, 6.07) is -0.421. The highest BCUT2D eigenvalue weighted by atomic mass is 32.1. The van der Waals surface area contributed by atoms with Gasteiger partial charge in [0.25, 0.3) is 0 Å². The van der Waals surface area contributed by atoms with Crippen LogP contribution in [0.15, 0.2) is 12.7 Å². The zero-order valence-corrected chi connectivity index (χ0v) is 10.7. The fraction of sp³-hybridized carbons (Fsp3) is 0.600. The molecule has 5 heteroatoms. The molecule has 3 nitrogen and oxygen atoms in total. The molecule has 0 rings (SSSR count). The number of ether oxygens (including phenoxy) is 1. The molecule has 0 amide bonds. The summed E-state index contributed by atoms with van der Waals surface area (Å²) in [5.41, 5.74) is 0. The molecule has 0 aliphatic heterocycles. The van der Waals surface area contributed by atoms with Crippen molar-refractivity contribution in [1.29, 1.82) is 0 Å². The Hall–Kier alpha value is -0.550. The minimum atomic E-state index is -0.421. The zero-order valence-electron chi connectivity index (χ0n) is 9.03. The molecule has 0 bridgehead atoms. The van der Waals surface area contributed by atoms with Crippen LogP contribution in [0.3, 0.4) is 0 Å². The number of thiocarbonyl (C=S) groups is 1. The second-order valence-electron chi connectivity index (χ2n) is 3.55. The van der Waals surface area contributed by atoms with Crippen LogP contribution < -0.4 is 5.32 Å². The van der Waals surface area contributed by atoms with E-state index in [4.69, 9.17) is 17.0 Å². The molecule has 1 N–H and O–H groups in total. The van der Waals surface area contributed by atoms with E-state index in [0.717, 1.165) is 0 Å². The molecule has 0 fully saturated rings. The summed E-state index contributed by atoms with van der Waals surface area (Å²) >= 11 is 8.72. The maximum atomic E-state index is 11.5. The molecule has 0 aromatic carbocycles. The Morgan fingerprint density at radius 2 is 2.27 bits per heavy atom. The smallest absolute Gasteiger partial charge is 0.328 e. The first kappa shape index (κ1) is 14.5. The lowest BCUT2D eigenvalue weighted by Gasteiger charge is -2.18. The summed E-state index contributed by atoms with van der Waals surface area (Å²) in [7, 11) is 0. The normalized spacial score (nSPS) is 12.0. The fourth-order valence-electron chi connectivity index (χ4n) is 1.08. The van der Waals surface area contributed by atoms with Crippen molar-refractivity contribution in [2.24, 2.45) is 5.92 Å². The van der Waals surface area contributed by atoms with Crippen LogP contribution in [0, 0.1) is 5.92 Å². The van der Waals surface area contributed by atoms with Crippen LogP contribution in [-0.4, -0.2) is 22.9 Å². The summed E-state index contributed by atoms with van der Waals surface area (Å²) in [4.78, 5) is 11.5. The third-order valence-corrected chi connectivity index (χ3v) is 1.88. The molecule has 0 aliphatic rings. The molecule has 0 spiro atoms. The lowest BCUT2D eigenvalue weighted by molar-refractivity contribution is -0.144. The lowest BCUT2D eigenvalue weighted by Crippen LogP contribution is -2.40. The SMILES string of the molecule is C=CCOC(=O)[C@H](CC(C)C)NC(=S)S. The van der Waals surface area contributed by atoms with E-state index in [1.807, 2.05) is 13.8 Å². The van der Waals surface area contributed by atoms with E-state index < -0.39 is 6.04 Å². The standard InChI is InChI=1S/C10H17NO2S2/c1-4-5-13-9(12)8(6-7(2)3)11-10(14)15/h4,7-8H,1,5-6H2,2-3H3,(H2,11,14,15)/t8-/m0/s1. The van der Waals surface area contributed by atoms with Gasteiger partial charge in [-0.2, -0.15) is 0 Å². The number of thiol groups is 1. The van der Waals surface area contributed by atoms with E-state index in [2.05, 4.69) is 24.5 Å². The Labute approximate surface area is 102 Å². The van der Waals surface area contributed by atoms with Crippen molar-refractivity contribution < 1.29 is 9.53 Å². The Balaban J connectivity index is 4.26. The maximum Gasteiger partial charge on any atom is 0.328 e. The number of esters is 1. The molecule has 0 aliphatic carbocycles. The molecule has 86 valence electrons. The van der Waals surface area contributed by atoms with Crippen LogP contribution in [-0.2, 0) is 9.53 Å². The third kappa shape index (κ3) is 7.39. The zero-order chi connectivity index (χ0) is 11.8. The van der Waals surface area contributed by atoms with Gasteiger partial charge >= 0.3 is 5.97 Å². The van der Waals surface area contributed by atoms with E-state index in [9.17, 15) is 4.79 Å². The van der Waals surface area contributed by atoms with Crippen LogP contribution in [0.5, 0.6) is 0 Å². The first-order valence-electron chi connectivity index (χ1n) is 4.74. The Kier molecular flexibility index (Phi) is 7.42. The van der Waals surface area contributed by atoms with Gasteiger partial charge in [-0.1, -0.05) is 38.7 Å². The van der Waals surface area contributed by atoms with Crippen molar-refractivity contribution in [1.82, 2.24) is 5.32 Å². The van der Waals surface area contributed by atoms with Crippen molar-refractivity contribution in [3.63, 3.8) is 0 Å². The molecule has 1 atom stereocenters. The van der Waals surface area contributed by atoms with Gasteiger partial charge < -0.3 is 10.1 Å². The molecule has 0 unspecified atom stereocenters. The van der Waals surface area contributed by atoms with E-state index in [-0.39, 0.29) is 12.6 Å². The quantitative estimate of drug-likeness (QED) is 0.325. The predicted molar refractivity (Wildman–Crippen MR) is 69.1 cm³/mol. The van der Waals surface area contributed by atoms with Crippen molar-refractivity contribution in [2.45, 2.75) is 26.3 Å². The van der Waals surface area contributed by atoms with Gasteiger partial charge in [-0.15, -0.1) is 12.6 Å². The number of rotatable bonds is 6.